The lowest BCUT2D eigenvalue weighted by Crippen LogP contribution is -2.46. The van der Waals surface area contributed by atoms with E-state index in [1.54, 1.807) is 0 Å². The molecule has 3 heteroatoms. The predicted molar refractivity (Wildman–Crippen MR) is 104 cm³/mol. The molecule has 1 fully saturated rings. The first-order valence-corrected chi connectivity index (χ1v) is 9.81. The van der Waals surface area contributed by atoms with Crippen LogP contribution < -0.4 is 5.32 Å². The molecule has 0 bridgehead atoms. The number of hydrogen-bond acceptors (Lipinski definition) is 2. The van der Waals surface area contributed by atoms with E-state index < -0.39 is 0 Å². The highest BCUT2D eigenvalue weighted by Gasteiger charge is 2.43. The van der Waals surface area contributed by atoms with Gasteiger partial charge in [0.2, 0.25) is 0 Å². The van der Waals surface area contributed by atoms with E-state index in [2.05, 4.69) is 52.1 Å². The van der Waals surface area contributed by atoms with Gasteiger partial charge in [0, 0.05) is 17.7 Å². The van der Waals surface area contributed by atoms with Crippen LogP contribution in [0.5, 0.6) is 0 Å². The van der Waals surface area contributed by atoms with Crippen molar-refractivity contribution >= 4 is 11.6 Å². The van der Waals surface area contributed by atoms with Gasteiger partial charge in [0.1, 0.15) is 0 Å². The number of nitrogens with one attached hydrogen (secondary N) is 1. The second-order valence-corrected chi connectivity index (χ2v) is 8.51. The summed E-state index contributed by atoms with van der Waals surface area (Å²) in [5.74, 6) is 0.680. The minimum absolute atomic E-state index is 0.0459. The number of hydrogen-bond donors (Lipinski definition) is 1. The fourth-order valence-corrected chi connectivity index (χ4v) is 4.14. The summed E-state index contributed by atoms with van der Waals surface area (Å²) in [6.07, 6.45) is 4.65. The predicted octanol–water partition coefficient (Wildman–Crippen LogP) is 6.00. The lowest BCUT2D eigenvalue weighted by molar-refractivity contribution is -0.132. The highest BCUT2D eigenvalue weighted by molar-refractivity contribution is 6.30. The van der Waals surface area contributed by atoms with Gasteiger partial charge >= 0.3 is 0 Å². The molecule has 2 nitrogen and oxygen atoms in total. The van der Waals surface area contributed by atoms with Gasteiger partial charge in [0.05, 0.1) is 5.60 Å². The Morgan fingerprint density at radius 1 is 1.21 bits per heavy atom. The van der Waals surface area contributed by atoms with Crippen LogP contribution >= 0.6 is 11.6 Å². The fraction of sp³-hybridized carbons (Fsp3) is 0.714. The van der Waals surface area contributed by atoms with Gasteiger partial charge in [-0.15, -0.1) is 0 Å². The molecule has 1 aliphatic heterocycles. The first-order valence-electron chi connectivity index (χ1n) is 9.43. The van der Waals surface area contributed by atoms with Crippen molar-refractivity contribution in [2.45, 2.75) is 71.9 Å². The van der Waals surface area contributed by atoms with E-state index in [0.717, 1.165) is 24.6 Å². The van der Waals surface area contributed by atoms with Crippen LogP contribution in [0.25, 0.3) is 0 Å². The second-order valence-electron chi connectivity index (χ2n) is 8.07. The van der Waals surface area contributed by atoms with Gasteiger partial charge in [0.25, 0.3) is 0 Å². The molecule has 1 saturated heterocycles. The van der Waals surface area contributed by atoms with Gasteiger partial charge in [-0.25, -0.2) is 0 Å². The van der Waals surface area contributed by atoms with Crippen LogP contribution in [0.3, 0.4) is 0 Å². The van der Waals surface area contributed by atoms with Crippen molar-refractivity contribution in [1.82, 2.24) is 5.32 Å². The smallest absolute Gasteiger partial charge is 0.0657 e. The summed E-state index contributed by atoms with van der Waals surface area (Å²) in [6, 6.07) is 8.51. The second kappa shape index (κ2) is 8.21. The summed E-state index contributed by atoms with van der Waals surface area (Å²) in [6.45, 7) is 13.5. The fourth-order valence-electron chi connectivity index (χ4n) is 4.01. The van der Waals surface area contributed by atoms with E-state index in [-0.39, 0.29) is 5.60 Å². The number of rotatable bonds is 7. The van der Waals surface area contributed by atoms with E-state index >= 15 is 0 Å². The monoisotopic (exact) mass is 351 g/mol. The van der Waals surface area contributed by atoms with Crippen molar-refractivity contribution in [2.24, 2.45) is 11.3 Å². The SMILES string of the molecule is CCC1(C)CC(CCNC(C)c2ccc(Cl)cc2)(C(C)C)CCO1. The zero-order valence-electron chi connectivity index (χ0n) is 16.0. The van der Waals surface area contributed by atoms with E-state index in [1.807, 2.05) is 12.1 Å². The van der Waals surface area contributed by atoms with E-state index in [9.17, 15) is 0 Å². The Labute approximate surface area is 153 Å². The lowest BCUT2D eigenvalue weighted by Gasteiger charge is -2.49. The molecular formula is C21H34ClNO. The van der Waals surface area contributed by atoms with Crippen LogP contribution in [-0.2, 0) is 4.74 Å². The highest BCUT2D eigenvalue weighted by atomic mass is 35.5. The average molecular weight is 352 g/mol. The van der Waals surface area contributed by atoms with Crippen molar-refractivity contribution in [3.8, 4) is 0 Å². The molecule has 0 radical (unpaired) electrons. The van der Waals surface area contributed by atoms with Crippen LogP contribution in [0.1, 0.15) is 71.9 Å². The van der Waals surface area contributed by atoms with Crippen molar-refractivity contribution in [2.75, 3.05) is 13.2 Å². The van der Waals surface area contributed by atoms with Gasteiger partial charge in [-0.2, -0.15) is 0 Å². The minimum atomic E-state index is 0.0459. The Morgan fingerprint density at radius 3 is 2.46 bits per heavy atom. The molecule has 3 unspecified atom stereocenters. The first kappa shape index (κ1) is 19.8. The molecule has 0 amide bonds. The average Bonchev–Trinajstić information content (AvgIpc) is 2.55. The molecule has 3 atom stereocenters. The molecule has 1 aliphatic rings. The summed E-state index contributed by atoms with van der Waals surface area (Å²) in [4.78, 5) is 0. The van der Waals surface area contributed by atoms with E-state index in [1.165, 1.54) is 24.8 Å². The van der Waals surface area contributed by atoms with Gasteiger partial charge in [-0.1, -0.05) is 44.5 Å². The Hall–Kier alpha value is -0.570. The Balaban J connectivity index is 1.95. The van der Waals surface area contributed by atoms with Gasteiger partial charge < -0.3 is 10.1 Å². The van der Waals surface area contributed by atoms with Crippen LogP contribution in [0, 0.1) is 11.3 Å². The largest absolute Gasteiger partial charge is 0.375 e. The third-order valence-electron chi connectivity index (χ3n) is 6.19. The van der Waals surface area contributed by atoms with Crippen molar-refractivity contribution in [1.29, 1.82) is 0 Å². The summed E-state index contributed by atoms with van der Waals surface area (Å²) in [5, 5.41) is 4.50. The summed E-state index contributed by atoms with van der Waals surface area (Å²) >= 11 is 5.98. The molecule has 1 aromatic carbocycles. The maximum absolute atomic E-state index is 6.10. The zero-order valence-corrected chi connectivity index (χ0v) is 16.7. The molecule has 0 saturated carbocycles. The molecule has 1 aromatic rings. The topological polar surface area (TPSA) is 21.3 Å². The zero-order chi connectivity index (χ0) is 17.8. The summed E-state index contributed by atoms with van der Waals surface area (Å²) < 4.78 is 6.10. The molecule has 1 N–H and O–H groups in total. The standard InChI is InChI=1S/C21H34ClNO/c1-6-20(5)15-21(16(2)3,12-14-24-20)11-13-23-17(4)18-7-9-19(22)10-8-18/h7-10,16-17,23H,6,11-15H2,1-5H3. The van der Waals surface area contributed by atoms with Crippen molar-refractivity contribution < 1.29 is 4.74 Å². The molecule has 2 rings (SSSR count). The normalized spacial score (nSPS) is 29.0. The van der Waals surface area contributed by atoms with Gasteiger partial charge in [-0.3, -0.25) is 0 Å². The third kappa shape index (κ3) is 4.74. The molecule has 1 heterocycles. The Morgan fingerprint density at radius 2 is 1.88 bits per heavy atom. The van der Waals surface area contributed by atoms with Gasteiger partial charge in [0.15, 0.2) is 0 Å². The first-order chi connectivity index (χ1) is 11.3. The molecule has 24 heavy (non-hydrogen) atoms. The number of ether oxygens (including phenoxy) is 1. The van der Waals surface area contributed by atoms with Crippen molar-refractivity contribution in [3.05, 3.63) is 34.9 Å². The highest BCUT2D eigenvalue weighted by Crippen LogP contribution is 2.47. The van der Waals surface area contributed by atoms with E-state index in [4.69, 9.17) is 16.3 Å². The maximum Gasteiger partial charge on any atom is 0.0657 e. The van der Waals surface area contributed by atoms with Crippen LogP contribution in [0.4, 0.5) is 0 Å². The maximum atomic E-state index is 6.10. The Kier molecular flexibility index (Phi) is 6.75. The minimum Gasteiger partial charge on any atom is -0.375 e. The van der Waals surface area contributed by atoms with Crippen molar-refractivity contribution in [3.63, 3.8) is 0 Å². The third-order valence-corrected chi connectivity index (χ3v) is 6.44. The summed E-state index contributed by atoms with van der Waals surface area (Å²) in [7, 11) is 0. The van der Waals surface area contributed by atoms with Crippen LogP contribution in [0.2, 0.25) is 5.02 Å². The van der Waals surface area contributed by atoms with Crippen LogP contribution in [-0.4, -0.2) is 18.8 Å². The van der Waals surface area contributed by atoms with E-state index in [0.29, 0.717) is 17.4 Å². The lowest BCUT2D eigenvalue weighted by atomic mass is 9.64. The Bertz CT molecular complexity index is 515. The van der Waals surface area contributed by atoms with Crippen LogP contribution in [0.15, 0.2) is 24.3 Å². The number of halogens is 1. The number of benzene rings is 1. The molecule has 0 aliphatic carbocycles. The molecular weight excluding hydrogens is 318 g/mol. The van der Waals surface area contributed by atoms with Gasteiger partial charge in [-0.05, 0) is 75.1 Å². The summed E-state index contributed by atoms with van der Waals surface area (Å²) in [5.41, 5.74) is 1.73. The molecule has 0 spiro atoms. The molecule has 136 valence electrons. The molecule has 0 aromatic heterocycles. The quantitative estimate of drug-likeness (QED) is 0.650.